The van der Waals surface area contributed by atoms with E-state index in [2.05, 4.69) is 28.2 Å². The van der Waals surface area contributed by atoms with Crippen molar-refractivity contribution in [3.05, 3.63) is 33.0 Å². The van der Waals surface area contributed by atoms with Gasteiger partial charge in [0.1, 0.15) is 5.82 Å². The Morgan fingerprint density at radius 1 is 1.53 bits per heavy atom. The highest BCUT2D eigenvalue weighted by Crippen LogP contribution is 2.37. The van der Waals surface area contributed by atoms with Crippen LogP contribution in [0.25, 0.3) is 0 Å². The topological polar surface area (TPSA) is 12.0 Å². The Kier molecular flexibility index (Phi) is 4.45. The molecule has 0 radical (unpaired) electrons. The van der Waals surface area contributed by atoms with E-state index in [0.717, 1.165) is 31.5 Å². The summed E-state index contributed by atoms with van der Waals surface area (Å²) in [5.74, 6) is 0.522. The lowest BCUT2D eigenvalue weighted by Gasteiger charge is -2.32. The summed E-state index contributed by atoms with van der Waals surface area (Å²) in [6.45, 7) is 4.08. The Morgan fingerprint density at radius 2 is 2.29 bits per heavy atom. The van der Waals surface area contributed by atoms with E-state index in [1.165, 1.54) is 0 Å². The van der Waals surface area contributed by atoms with E-state index >= 15 is 0 Å². The van der Waals surface area contributed by atoms with Crippen molar-refractivity contribution in [3.63, 3.8) is 0 Å². The van der Waals surface area contributed by atoms with Crippen LogP contribution in [0.1, 0.15) is 31.2 Å². The minimum absolute atomic E-state index is 0.205. The maximum Gasteiger partial charge on any atom is 0.146 e. The number of hydrogen-bond donors (Lipinski definition) is 1. The van der Waals surface area contributed by atoms with Crippen molar-refractivity contribution < 1.29 is 4.39 Å². The monoisotopic (exact) mass is 319 g/mol. The fraction of sp³-hybridized carbons (Fsp3) is 0.538. The number of rotatable bonds is 2. The normalized spacial score (nSPS) is 24.9. The molecular formula is C13H16BrClFN. The van der Waals surface area contributed by atoms with Crippen molar-refractivity contribution in [3.8, 4) is 0 Å². The van der Waals surface area contributed by atoms with Gasteiger partial charge in [-0.1, -0.05) is 31.0 Å². The van der Waals surface area contributed by atoms with Gasteiger partial charge in [0, 0.05) is 4.47 Å². The van der Waals surface area contributed by atoms with Gasteiger partial charge in [-0.2, -0.15) is 0 Å². The molecule has 0 aromatic heterocycles. The summed E-state index contributed by atoms with van der Waals surface area (Å²) in [4.78, 5) is 0. The van der Waals surface area contributed by atoms with Gasteiger partial charge in [0.25, 0.3) is 0 Å². The molecule has 0 saturated carbocycles. The van der Waals surface area contributed by atoms with Gasteiger partial charge in [0.2, 0.25) is 0 Å². The lowest BCUT2D eigenvalue weighted by molar-refractivity contribution is 0.311. The molecular weight excluding hydrogens is 305 g/mol. The van der Waals surface area contributed by atoms with Crippen molar-refractivity contribution in [2.24, 2.45) is 5.92 Å². The highest BCUT2D eigenvalue weighted by Gasteiger charge is 2.28. The van der Waals surface area contributed by atoms with E-state index in [0.29, 0.717) is 10.4 Å². The summed E-state index contributed by atoms with van der Waals surface area (Å²) in [5.41, 5.74) is 0.770. The van der Waals surface area contributed by atoms with Crippen molar-refractivity contribution >= 4 is 27.5 Å². The maximum atomic E-state index is 14.2. The standard InChI is InChI=1S/C13H16BrClFN/c1-2-8-7-17-6-5-9(8)10-3-4-11(14)12(15)13(10)16/h3-4,8-9,17H,2,5-7H2,1H3. The summed E-state index contributed by atoms with van der Waals surface area (Å²) in [6.07, 6.45) is 2.04. The summed E-state index contributed by atoms with van der Waals surface area (Å²) in [6, 6.07) is 3.71. The predicted molar refractivity (Wildman–Crippen MR) is 73.1 cm³/mol. The zero-order valence-electron chi connectivity index (χ0n) is 9.77. The largest absolute Gasteiger partial charge is 0.316 e. The first-order chi connectivity index (χ1) is 8.15. The molecule has 2 rings (SSSR count). The van der Waals surface area contributed by atoms with Crippen LogP contribution in [0.15, 0.2) is 16.6 Å². The van der Waals surface area contributed by atoms with Gasteiger partial charge < -0.3 is 5.32 Å². The Morgan fingerprint density at radius 3 is 3.00 bits per heavy atom. The highest BCUT2D eigenvalue weighted by atomic mass is 79.9. The Hall–Kier alpha value is -0.120. The van der Waals surface area contributed by atoms with Gasteiger partial charge in [-0.25, -0.2) is 4.39 Å². The zero-order valence-corrected chi connectivity index (χ0v) is 12.1. The molecule has 2 atom stereocenters. The van der Waals surface area contributed by atoms with E-state index in [9.17, 15) is 4.39 Å². The van der Waals surface area contributed by atoms with Crippen LogP contribution >= 0.6 is 27.5 Å². The van der Waals surface area contributed by atoms with Crippen molar-refractivity contribution in [2.75, 3.05) is 13.1 Å². The van der Waals surface area contributed by atoms with Crippen LogP contribution in [0.4, 0.5) is 4.39 Å². The van der Waals surface area contributed by atoms with Gasteiger partial charge in [-0.3, -0.25) is 0 Å². The first kappa shape index (κ1) is 13.3. The average molecular weight is 321 g/mol. The fourth-order valence-corrected chi connectivity index (χ4v) is 3.07. The SMILES string of the molecule is CCC1CNCCC1c1ccc(Br)c(Cl)c1F. The first-order valence-electron chi connectivity index (χ1n) is 5.99. The maximum absolute atomic E-state index is 14.2. The van der Waals surface area contributed by atoms with Crippen molar-refractivity contribution in [1.82, 2.24) is 5.32 Å². The lowest BCUT2D eigenvalue weighted by atomic mass is 9.79. The third-order valence-corrected chi connectivity index (χ3v) is 4.86. The van der Waals surface area contributed by atoms with Crippen LogP contribution < -0.4 is 5.32 Å². The zero-order chi connectivity index (χ0) is 12.4. The van der Waals surface area contributed by atoms with E-state index in [1.807, 2.05) is 12.1 Å². The number of piperidine rings is 1. The summed E-state index contributed by atoms with van der Waals surface area (Å²) >= 11 is 9.21. The second-order valence-electron chi connectivity index (χ2n) is 4.53. The van der Waals surface area contributed by atoms with E-state index in [1.54, 1.807) is 0 Å². The molecule has 0 spiro atoms. The van der Waals surface area contributed by atoms with Crippen LogP contribution in [-0.2, 0) is 0 Å². The molecule has 1 saturated heterocycles. The second kappa shape index (κ2) is 5.68. The highest BCUT2D eigenvalue weighted by molar-refractivity contribution is 9.10. The van der Waals surface area contributed by atoms with Crippen LogP contribution in [0.3, 0.4) is 0 Å². The van der Waals surface area contributed by atoms with Gasteiger partial charge in [0.05, 0.1) is 5.02 Å². The third-order valence-electron chi connectivity index (χ3n) is 3.60. The quantitative estimate of drug-likeness (QED) is 0.799. The molecule has 1 aliphatic heterocycles. The average Bonchev–Trinajstić information content (AvgIpc) is 2.36. The van der Waals surface area contributed by atoms with Gasteiger partial charge in [0.15, 0.2) is 0 Å². The molecule has 1 N–H and O–H groups in total. The Bertz CT molecular complexity index is 411. The van der Waals surface area contributed by atoms with Crippen molar-refractivity contribution in [2.45, 2.75) is 25.7 Å². The number of hydrogen-bond acceptors (Lipinski definition) is 1. The van der Waals surface area contributed by atoms with Crippen LogP contribution in [0.5, 0.6) is 0 Å². The van der Waals surface area contributed by atoms with E-state index in [-0.39, 0.29) is 16.8 Å². The molecule has 1 aromatic rings. The van der Waals surface area contributed by atoms with E-state index in [4.69, 9.17) is 11.6 Å². The number of benzene rings is 1. The predicted octanol–water partition coefficient (Wildman–Crippen LogP) is 4.34. The summed E-state index contributed by atoms with van der Waals surface area (Å²) in [7, 11) is 0. The summed E-state index contributed by atoms with van der Waals surface area (Å²) < 4.78 is 14.8. The van der Waals surface area contributed by atoms with Crippen LogP contribution in [-0.4, -0.2) is 13.1 Å². The molecule has 1 aromatic carbocycles. The molecule has 4 heteroatoms. The van der Waals surface area contributed by atoms with Gasteiger partial charge in [-0.05, 0) is 58.9 Å². The Labute approximate surface area is 115 Å². The third kappa shape index (κ3) is 2.67. The van der Waals surface area contributed by atoms with Crippen LogP contribution in [0, 0.1) is 11.7 Å². The minimum atomic E-state index is -0.258. The molecule has 0 bridgehead atoms. The first-order valence-corrected chi connectivity index (χ1v) is 7.16. The number of halogens is 3. The molecule has 94 valence electrons. The van der Waals surface area contributed by atoms with Crippen LogP contribution in [0.2, 0.25) is 5.02 Å². The minimum Gasteiger partial charge on any atom is -0.316 e. The fourth-order valence-electron chi connectivity index (χ4n) is 2.59. The second-order valence-corrected chi connectivity index (χ2v) is 5.76. The van der Waals surface area contributed by atoms with E-state index < -0.39 is 0 Å². The summed E-state index contributed by atoms with van der Waals surface area (Å²) in [5, 5.41) is 3.57. The molecule has 1 aliphatic rings. The van der Waals surface area contributed by atoms with Gasteiger partial charge in [-0.15, -0.1) is 0 Å². The Balaban J connectivity index is 2.35. The molecule has 1 heterocycles. The molecule has 1 nitrogen and oxygen atoms in total. The molecule has 17 heavy (non-hydrogen) atoms. The smallest absolute Gasteiger partial charge is 0.146 e. The molecule has 1 fully saturated rings. The number of nitrogens with one attached hydrogen (secondary N) is 1. The van der Waals surface area contributed by atoms with Gasteiger partial charge >= 0.3 is 0 Å². The lowest BCUT2D eigenvalue weighted by Crippen LogP contribution is -2.35. The molecule has 0 aliphatic carbocycles. The van der Waals surface area contributed by atoms with Crippen molar-refractivity contribution in [1.29, 1.82) is 0 Å². The molecule has 0 amide bonds. The molecule has 2 unspecified atom stereocenters.